The van der Waals surface area contributed by atoms with E-state index in [1.165, 1.54) is 17.0 Å². The third-order valence-corrected chi connectivity index (χ3v) is 6.39. The number of rotatable bonds is 5. The zero-order valence-electron chi connectivity index (χ0n) is 16.5. The summed E-state index contributed by atoms with van der Waals surface area (Å²) < 4.78 is 13.0. The molecule has 4 rings (SSSR count). The van der Waals surface area contributed by atoms with Gasteiger partial charge in [0.25, 0.3) is 5.91 Å². The van der Waals surface area contributed by atoms with Gasteiger partial charge < -0.3 is 10.2 Å². The third-order valence-electron chi connectivity index (χ3n) is 5.47. The molecule has 1 aliphatic heterocycles. The van der Waals surface area contributed by atoms with Gasteiger partial charge in [0.15, 0.2) is 0 Å². The van der Waals surface area contributed by atoms with Crippen molar-refractivity contribution in [2.75, 3.05) is 13.1 Å². The summed E-state index contributed by atoms with van der Waals surface area (Å²) in [6.07, 6.45) is 1.29. The first-order valence-corrected chi connectivity index (χ1v) is 10.9. The second-order valence-corrected chi connectivity index (χ2v) is 8.41. The van der Waals surface area contributed by atoms with Crippen molar-refractivity contribution in [2.24, 2.45) is 5.92 Å². The maximum Gasteiger partial charge on any atom is 0.253 e. The van der Waals surface area contributed by atoms with Gasteiger partial charge in [0.1, 0.15) is 5.82 Å². The molecular weight excluding hydrogens is 399 g/mol. The molecule has 1 aromatic heterocycles. The highest BCUT2D eigenvalue weighted by atomic mass is 32.1. The summed E-state index contributed by atoms with van der Waals surface area (Å²) in [5.74, 6) is -0.386. The maximum atomic E-state index is 13.0. The summed E-state index contributed by atoms with van der Waals surface area (Å²) in [5.41, 5.74) is 2.65. The molecule has 0 atom stereocenters. The van der Waals surface area contributed by atoms with Crippen molar-refractivity contribution in [2.45, 2.75) is 19.4 Å². The van der Waals surface area contributed by atoms with Gasteiger partial charge in [-0.15, -0.1) is 11.3 Å². The van der Waals surface area contributed by atoms with Crippen molar-refractivity contribution in [1.29, 1.82) is 0 Å². The second-order valence-electron chi connectivity index (χ2n) is 7.47. The van der Waals surface area contributed by atoms with Crippen LogP contribution in [-0.2, 0) is 11.3 Å². The standard InChI is InChI=1S/C24H23FN2O2S/c25-21-9-3-17(4-10-21)16-26-23(28)19-11-13-27(14-12-19)24(29)20-7-5-18(6-8-20)22-2-1-15-30-22/h1-10,15,19H,11-14,16H2,(H,26,28). The predicted molar refractivity (Wildman–Crippen MR) is 117 cm³/mol. The molecule has 0 unspecified atom stereocenters. The molecule has 2 heterocycles. The Morgan fingerprint density at radius 3 is 2.33 bits per heavy atom. The van der Waals surface area contributed by atoms with Gasteiger partial charge in [-0.25, -0.2) is 4.39 Å². The summed E-state index contributed by atoms with van der Waals surface area (Å²) in [6.45, 7) is 1.52. The van der Waals surface area contributed by atoms with Gasteiger partial charge in [-0.3, -0.25) is 9.59 Å². The first kappa shape index (κ1) is 20.3. The monoisotopic (exact) mass is 422 g/mol. The van der Waals surface area contributed by atoms with Gasteiger partial charge in [0.2, 0.25) is 5.91 Å². The van der Waals surface area contributed by atoms with Crippen LogP contribution in [0.4, 0.5) is 4.39 Å². The predicted octanol–water partition coefficient (Wildman–Crippen LogP) is 4.72. The van der Waals surface area contributed by atoms with Crippen molar-refractivity contribution in [3.05, 3.63) is 83.0 Å². The summed E-state index contributed by atoms with van der Waals surface area (Å²) in [5, 5.41) is 4.96. The Kier molecular flexibility index (Phi) is 6.23. The Morgan fingerprint density at radius 2 is 1.70 bits per heavy atom. The molecule has 1 saturated heterocycles. The minimum Gasteiger partial charge on any atom is -0.352 e. The van der Waals surface area contributed by atoms with Crippen molar-refractivity contribution < 1.29 is 14.0 Å². The molecule has 0 bridgehead atoms. The van der Waals surface area contributed by atoms with Crippen LogP contribution in [0.25, 0.3) is 10.4 Å². The van der Waals surface area contributed by atoms with E-state index in [0.717, 1.165) is 11.1 Å². The average molecular weight is 423 g/mol. The summed E-state index contributed by atoms with van der Waals surface area (Å²) >= 11 is 1.67. The molecule has 6 heteroatoms. The zero-order valence-corrected chi connectivity index (χ0v) is 17.3. The first-order chi connectivity index (χ1) is 14.6. The third kappa shape index (κ3) is 4.76. The molecule has 0 saturated carbocycles. The number of carbonyl (C=O) groups is 2. The summed E-state index contributed by atoms with van der Waals surface area (Å²) in [7, 11) is 0. The SMILES string of the molecule is O=C(NCc1ccc(F)cc1)C1CCN(C(=O)c2ccc(-c3cccs3)cc2)CC1. The molecular formula is C24H23FN2O2S. The lowest BCUT2D eigenvalue weighted by molar-refractivity contribution is -0.126. The lowest BCUT2D eigenvalue weighted by atomic mass is 9.95. The van der Waals surface area contributed by atoms with E-state index in [1.54, 1.807) is 23.5 Å². The Labute approximate surface area is 179 Å². The maximum absolute atomic E-state index is 13.0. The van der Waals surface area contributed by atoms with Crippen LogP contribution in [0.1, 0.15) is 28.8 Å². The largest absolute Gasteiger partial charge is 0.352 e. The van der Waals surface area contributed by atoms with Crippen LogP contribution in [0.2, 0.25) is 0 Å². The molecule has 154 valence electrons. The van der Waals surface area contributed by atoms with E-state index in [1.807, 2.05) is 40.6 Å². The Balaban J connectivity index is 1.27. The smallest absolute Gasteiger partial charge is 0.253 e. The van der Waals surface area contributed by atoms with E-state index in [4.69, 9.17) is 0 Å². The summed E-state index contributed by atoms with van der Waals surface area (Å²) in [4.78, 5) is 28.3. The number of halogens is 1. The van der Waals surface area contributed by atoms with E-state index in [0.29, 0.717) is 38.0 Å². The van der Waals surface area contributed by atoms with Gasteiger partial charge in [0, 0.05) is 36.0 Å². The Morgan fingerprint density at radius 1 is 1.00 bits per heavy atom. The van der Waals surface area contributed by atoms with Gasteiger partial charge in [-0.1, -0.05) is 30.3 Å². The fraction of sp³-hybridized carbons (Fsp3) is 0.250. The fourth-order valence-corrected chi connectivity index (χ4v) is 4.42. The lowest BCUT2D eigenvalue weighted by Crippen LogP contribution is -2.42. The number of nitrogens with zero attached hydrogens (tertiary/aromatic N) is 1. The summed E-state index contributed by atoms with van der Waals surface area (Å²) in [6, 6.07) is 17.9. The number of thiophene rings is 1. The molecule has 4 nitrogen and oxygen atoms in total. The van der Waals surface area contributed by atoms with Crippen molar-refractivity contribution in [3.63, 3.8) is 0 Å². The van der Waals surface area contributed by atoms with Crippen LogP contribution < -0.4 is 5.32 Å². The molecule has 3 aromatic rings. The van der Waals surface area contributed by atoms with Crippen LogP contribution >= 0.6 is 11.3 Å². The van der Waals surface area contributed by atoms with Crippen LogP contribution in [0.5, 0.6) is 0 Å². The number of amides is 2. The quantitative estimate of drug-likeness (QED) is 0.647. The first-order valence-electron chi connectivity index (χ1n) is 10.1. The minimum atomic E-state index is -0.289. The highest BCUT2D eigenvalue weighted by Crippen LogP contribution is 2.25. The normalized spacial score (nSPS) is 14.5. The Bertz CT molecular complexity index is 993. The van der Waals surface area contributed by atoms with Crippen LogP contribution in [0.3, 0.4) is 0 Å². The fourth-order valence-electron chi connectivity index (χ4n) is 3.68. The van der Waals surface area contributed by atoms with E-state index in [2.05, 4.69) is 11.4 Å². The Hall–Kier alpha value is -2.99. The number of hydrogen-bond donors (Lipinski definition) is 1. The van der Waals surface area contributed by atoms with Crippen molar-refractivity contribution in [3.8, 4) is 10.4 Å². The van der Waals surface area contributed by atoms with E-state index < -0.39 is 0 Å². The molecule has 2 aromatic carbocycles. The number of likely N-dealkylation sites (tertiary alicyclic amines) is 1. The number of nitrogens with one attached hydrogen (secondary N) is 1. The molecule has 1 aliphatic rings. The van der Waals surface area contributed by atoms with Gasteiger partial charge >= 0.3 is 0 Å². The molecule has 0 aliphatic carbocycles. The number of carbonyl (C=O) groups excluding carboxylic acids is 2. The second kappa shape index (κ2) is 9.22. The number of benzene rings is 2. The van der Waals surface area contributed by atoms with Crippen molar-refractivity contribution >= 4 is 23.2 Å². The van der Waals surface area contributed by atoms with Crippen molar-refractivity contribution in [1.82, 2.24) is 10.2 Å². The molecule has 1 fully saturated rings. The van der Waals surface area contributed by atoms with Gasteiger partial charge in [-0.05, 0) is 59.7 Å². The topological polar surface area (TPSA) is 49.4 Å². The molecule has 0 spiro atoms. The van der Waals surface area contributed by atoms with Gasteiger partial charge in [-0.2, -0.15) is 0 Å². The number of hydrogen-bond acceptors (Lipinski definition) is 3. The molecule has 1 N–H and O–H groups in total. The highest BCUT2D eigenvalue weighted by Gasteiger charge is 2.27. The average Bonchev–Trinajstić information content (AvgIpc) is 3.33. The van der Waals surface area contributed by atoms with Crippen LogP contribution in [0, 0.1) is 11.7 Å². The van der Waals surface area contributed by atoms with Crippen LogP contribution in [0.15, 0.2) is 66.0 Å². The lowest BCUT2D eigenvalue weighted by Gasteiger charge is -2.31. The molecule has 30 heavy (non-hydrogen) atoms. The number of piperidine rings is 1. The van der Waals surface area contributed by atoms with E-state index >= 15 is 0 Å². The van der Waals surface area contributed by atoms with Gasteiger partial charge in [0.05, 0.1) is 0 Å². The molecule has 2 amide bonds. The molecule has 0 radical (unpaired) electrons. The van der Waals surface area contributed by atoms with Crippen LogP contribution in [-0.4, -0.2) is 29.8 Å². The van der Waals surface area contributed by atoms with E-state index in [9.17, 15) is 14.0 Å². The van der Waals surface area contributed by atoms with E-state index in [-0.39, 0.29) is 23.5 Å². The minimum absolute atomic E-state index is 0.00766. The highest BCUT2D eigenvalue weighted by molar-refractivity contribution is 7.13. The zero-order chi connectivity index (χ0) is 20.9.